The van der Waals surface area contributed by atoms with Crippen molar-refractivity contribution in [3.63, 3.8) is 0 Å². The molecule has 0 atom stereocenters. The fraction of sp³-hybridized carbons (Fsp3) is 0.400. The van der Waals surface area contributed by atoms with E-state index in [-0.39, 0.29) is 6.61 Å². The van der Waals surface area contributed by atoms with Gasteiger partial charge >= 0.3 is 0 Å². The lowest BCUT2D eigenvalue weighted by Gasteiger charge is -2.34. The minimum atomic E-state index is -0.564. The van der Waals surface area contributed by atoms with Gasteiger partial charge in [0.25, 0.3) is 11.8 Å². The average Bonchev–Trinajstić information content (AvgIpc) is 3.00. The summed E-state index contributed by atoms with van der Waals surface area (Å²) >= 11 is 0. The van der Waals surface area contributed by atoms with Crippen LogP contribution in [0, 0.1) is 0 Å². The van der Waals surface area contributed by atoms with Gasteiger partial charge in [0, 0.05) is 5.56 Å². The second kappa shape index (κ2) is 5.88. The lowest BCUT2D eigenvalue weighted by molar-refractivity contribution is -0.119. The zero-order valence-electron chi connectivity index (χ0n) is 12.7. The molecule has 1 amide bonds. The summed E-state index contributed by atoms with van der Waals surface area (Å²) < 4.78 is 15.8. The van der Waals surface area contributed by atoms with Crippen molar-refractivity contribution in [1.82, 2.24) is 10.1 Å². The van der Waals surface area contributed by atoms with Crippen molar-refractivity contribution in [2.24, 2.45) is 11.5 Å². The topological polar surface area (TPSA) is 126 Å². The molecule has 1 heterocycles. The van der Waals surface area contributed by atoms with E-state index in [0.29, 0.717) is 28.8 Å². The molecule has 2 aromatic rings. The Balaban J connectivity index is 1.84. The highest BCUT2D eigenvalue weighted by Crippen LogP contribution is 2.38. The molecule has 1 aromatic carbocycles. The van der Waals surface area contributed by atoms with E-state index in [4.69, 9.17) is 25.5 Å². The van der Waals surface area contributed by atoms with Gasteiger partial charge in [-0.05, 0) is 37.5 Å². The van der Waals surface area contributed by atoms with Crippen molar-refractivity contribution in [2.75, 3.05) is 13.7 Å². The Labute approximate surface area is 132 Å². The number of methoxy groups -OCH3 is 1. The van der Waals surface area contributed by atoms with Crippen LogP contribution in [-0.4, -0.2) is 29.8 Å². The van der Waals surface area contributed by atoms with Gasteiger partial charge in [-0.1, -0.05) is 5.16 Å². The SMILES string of the molecule is COc1cc(-c2nc(C3(N)CCC3)no2)ccc1OCC(N)=O. The third-order valence-corrected chi connectivity index (χ3v) is 3.90. The van der Waals surface area contributed by atoms with Crippen LogP contribution in [0.25, 0.3) is 11.5 Å². The van der Waals surface area contributed by atoms with Gasteiger partial charge in [-0.2, -0.15) is 4.98 Å². The maximum Gasteiger partial charge on any atom is 0.258 e. The van der Waals surface area contributed by atoms with E-state index in [2.05, 4.69) is 10.1 Å². The smallest absolute Gasteiger partial charge is 0.258 e. The van der Waals surface area contributed by atoms with Crippen molar-refractivity contribution in [3.05, 3.63) is 24.0 Å². The molecule has 0 aliphatic heterocycles. The maximum atomic E-state index is 10.8. The summed E-state index contributed by atoms with van der Waals surface area (Å²) in [6, 6.07) is 5.08. The minimum absolute atomic E-state index is 0.226. The van der Waals surface area contributed by atoms with Crippen LogP contribution in [0.3, 0.4) is 0 Å². The first-order chi connectivity index (χ1) is 11.0. The minimum Gasteiger partial charge on any atom is -0.493 e. The van der Waals surface area contributed by atoms with Crippen molar-refractivity contribution in [1.29, 1.82) is 0 Å². The number of rotatable bonds is 6. The zero-order valence-corrected chi connectivity index (χ0v) is 12.7. The Hall–Kier alpha value is -2.61. The van der Waals surface area contributed by atoms with Crippen LogP contribution < -0.4 is 20.9 Å². The molecular formula is C15H18N4O4. The van der Waals surface area contributed by atoms with Gasteiger partial charge in [-0.3, -0.25) is 4.79 Å². The van der Waals surface area contributed by atoms with E-state index in [1.165, 1.54) is 7.11 Å². The largest absolute Gasteiger partial charge is 0.493 e. The van der Waals surface area contributed by atoms with Crippen LogP contribution in [0.2, 0.25) is 0 Å². The van der Waals surface area contributed by atoms with E-state index in [1.54, 1.807) is 18.2 Å². The van der Waals surface area contributed by atoms with Gasteiger partial charge in [0.15, 0.2) is 23.9 Å². The van der Waals surface area contributed by atoms with Gasteiger partial charge in [-0.15, -0.1) is 0 Å². The first-order valence-electron chi connectivity index (χ1n) is 7.24. The summed E-state index contributed by atoms with van der Waals surface area (Å²) in [6.07, 6.45) is 2.78. The number of carbonyl (C=O) groups is 1. The van der Waals surface area contributed by atoms with Gasteiger partial charge in [0.1, 0.15) is 0 Å². The molecule has 0 radical (unpaired) electrons. The number of amides is 1. The lowest BCUT2D eigenvalue weighted by atomic mass is 9.77. The van der Waals surface area contributed by atoms with Crippen LogP contribution in [0.4, 0.5) is 0 Å². The first kappa shape index (κ1) is 15.3. The number of aromatic nitrogens is 2. The molecule has 4 N–H and O–H groups in total. The van der Waals surface area contributed by atoms with Crippen molar-refractivity contribution in [3.8, 4) is 23.0 Å². The van der Waals surface area contributed by atoms with E-state index < -0.39 is 11.4 Å². The number of ether oxygens (including phenoxy) is 2. The molecule has 1 aromatic heterocycles. The molecule has 0 bridgehead atoms. The molecule has 8 nitrogen and oxygen atoms in total. The normalized spacial score (nSPS) is 15.7. The van der Waals surface area contributed by atoms with Crippen molar-refractivity contribution >= 4 is 5.91 Å². The first-order valence-corrected chi connectivity index (χ1v) is 7.24. The predicted octanol–water partition coefficient (Wildman–Crippen LogP) is 0.947. The van der Waals surface area contributed by atoms with Crippen LogP contribution in [0.5, 0.6) is 11.5 Å². The molecule has 0 unspecified atom stereocenters. The number of hydrogen-bond acceptors (Lipinski definition) is 7. The van der Waals surface area contributed by atoms with Crippen LogP contribution in [0.15, 0.2) is 22.7 Å². The van der Waals surface area contributed by atoms with Crippen molar-refractivity contribution < 1.29 is 18.8 Å². The number of benzene rings is 1. The number of hydrogen-bond donors (Lipinski definition) is 2. The molecule has 0 saturated heterocycles. The van der Waals surface area contributed by atoms with Gasteiger partial charge in [0.05, 0.1) is 12.6 Å². The number of carbonyl (C=O) groups excluding carboxylic acids is 1. The Morgan fingerprint density at radius 3 is 2.78 bits per heavy atom. The van der Waals surface area contributed by atoms with Gasteiger partial charge < -0.3 is 25.5 Å². The average molecular weight is 318 g/mol. The molecule has 122 valence electrons. The summed E-state index contributed by atoms with van der Waals surface area (Å²) in [5, 5.41) is 3.98. The predicted molar refractivity (Wildman–Crippen MR) is 80.7 cm³/mol. The zero-order chi connectivity index (χ0) is 16.4. The van der Waals surface area contributed by atoms with Crippen LogP contribution in [-0.2, 0) is 10.3 Å². The second-order valence-electron chi connectivity index (χ2n) is 5.55. The van der Waals surface area contributed by atoms with E-state index in [9.17, 15) is 4.79 Å². The number of nitrogens with two attached hydrogens (primary N) is 2. The Bertz CT molecular complexity index is 724. The van der Waals surface area contributed by atoms with E-state index in [0.717, 1.165) is 19.3 Å². The standard InChI is InChI=1S/C15H18N4O4/c1-21-11-7-9(3-4-10(11)22-8-12(16)20)13-18-14(19-23-13)15(17)5-2-6-15/h3-4,7H,2,5-6,8,17H2,1H3,(H2,16,20). The molecule has 1 aliphatic rings. The van der Waals surface area contributed by atoms with Crippen LogP contribution >= 0.6 is 0 Å². The third-order valence-electron chi connectivity index (χ3n) is 3.90. The van der Waals surface area contributed by atoms with Crippen LogP contribution in [0.1, 0.15) is 25.1 Å². The Morgan fingerprint density at radius 1 is 1.39 bits per heavy atom. The van der Waals surface area contributed by atoms with E-state index >= 15 is 0 Å². The fourth-order valence-electron chi connectivity index (χ4n) is 2.39. The van der Waals surface area contributed by atoms with E-state index in [1.807, 2.05) is 0 Å². The summed E-state index contributed by atoms with van der Waals surface area (Å²) in [4.78, 5) is 15.2. The molecule has 8 heteroatoms. The molecular weight excluding hydrogens is 300 g/mol. The quantitative estimate of drug-likeness (QED) is 0.811. The third kappa shape index (κ3) is 2.98. The number of nitrogens with zero attached hydrogens (tertiary/aromatic N) is 2. The Morgan fingerprint density at radius 2 is 2.17 bits per heavy atom. The van der Waals surface area contributed by atoms with Gasteiger partial charge in [0.2, 0.25) is 0 Å². The molecule has 1 aliphatic carbocycles. The second-order valence-corrected chi connectivity index (χ2v) is 5.55. The summed E-state index contributed by atoms with van der Waals surface area (Å²) in [5.41, 5.74) is 11.5. The number of primary amides is 1. The lowest BCUT2D eigenvalue weighted by Crippen LogP contribution is -2.44. The highest BCUT2D eigenvalue weighted by molar-refractivity contribution is 5.75. The molecule has 1 fully saturated rings. The summed E-state index contributed by atoms with van der Waals surface area (Å²) in [5.74, 6) is 1.16. The summed E-state index contributed by atoms with van der Waals surface area (Å²) in [6.45, 7) is -0.226. The highest BCUT2D eigenvalue weighted by atomic mass is 16.5. The maximum absolute atomic E-state index is 10.8. The van der Waals surface area contributed by atoms with Gasteiger partial charge in [-0.25, -0.2) is 0 Å². The summed E-state index contributed by atoms with van der Waals surface area (Å²) in [7, 11) is 1.50. The molecule has 0 spiro atoms. The monoisotopic (exact) mass is 318 g/mol. The fourth-order valence-corrected chi connectivity index (χ4v) is 2.39. The van der Waals surface area contributed by atoms with Crippen molar-refractivity contribution in [2.45, 2.75) is 24.8 Å². The molecule has 23 heavy (non-hydrogen) atoms. The Kier molecular flexibility index (Phi) is 3.91. The molecule has 1 saturated carbocycles. The molecule has 3 rings (SSSR count). The highest BCUT2D eigenvalue weighted by Gasteiger charge is 2.39.